The molecular weight excluding hydrogens is 490 g/mol. The molecule has 1 aliphatic rings. The summed E-state index contributed by atoms with van der Waals surface area (Å²) >= 11 is 0. The Bertz CT molecular complexity index is 1400. The molecule has 1 saturated heterocycles. The van der Waals surface area contributed by atoms with Crippen molar-refractivity contribution in [1.82, 2.24) is 4.90 Å². The number of aliphatic hydroxyl groups is 1. The van der Waals surface area contributed by atoms with Crippen molar-refractivity contribution in [3.8, 4) is 28.7 Å². The van der Waals surface area contributed by atoms with Crippen LogP contribution in [-0.2, 0) is 16.1 Å². The summed E-state index contributed by atoms with van der Waals surface area (Å²) in [7, 11) is 4.43. The summed E-state index contributed by atoms with van der Waals surface area (Å²) < 4.78 is 21.7. The number of likely N-dealkylation sites (tertiary alicyclic amines) is 1. The number of phenolic OH excluding ortho intramolecular Hbond substituents is 1. The molecule has 9 heteroatoms. The van der Waals surface area contributed by atoms with Gasteiger partial charge in [0.05, 0.1) is 51.7 Å². The Labute approximate surface area is 220 Å². The van der Waals surface area contributed by atoms with Gasteiger partial charge in [0.25, 0.3) is 11.7 Å². The maximum atomic E-state index is 13.5. The highest BCUT2D eigenvalue weighted by atomic mass is 16.5. The second-order valence-corrected chi connectivity index (χ2v) is 8.47. The molecule has 3 aromatic rings. The largest absolute Gasteiger partial charge is 0.507 e. The number of hydrogen-bond acceptors (Lipinski definition) is 8. The third-order valence-corrected chi connectivity index (χ3v) is 6.33. The summed E-state index contributed by atoms with van der Waals surface area (Å²) in [5, 5.41) is 21.8. The number of ether oxygens (including phenoxy) is 4. The molecule has 0 spiro atoms. The minimum absolute atomic E-state index is 0.0239. The van der Waals surface area contributed by atoms with Crippen molar-refractivity contribution in [3.05, 3.63) is 82.9 Å². The first kappa shape index (κ1) is 26.4. The number of benzene rings is 3. The van der Waals surface area contributed by atoms with E-state index in [0.29, 0.717) is 35.0 Å². The number of phenols is 1. The average molecular weight is 520 g/mol. The molecule has 1 fully saturated rings. The van der Waals surface area contributed by atoms with Crippen molar-refractivity contribution in [2.45, 2.75) is 19.5 Å². The standard InChI is InChI=1S/C29H29NO8/c1-5-38-24-14-17(10-12-21(24)31)26-25(27(32)20-15-19(35-2)11-13-23(20)37-4)28(33)29(34)30(26)16-18-8-6-7-9-22(18)36-3/h6-15,26,31-32H,5,16H2,1-4H3/b27-25+. The fourth-order valence-corrected chi connectivity index (χ4v) is 4.52. The van der Waals surface area contributed by atoms with Gasteiger partial charge in [-0.1, -0.05) is 24.3 Å². The topological polar surface area (TPSA) is 115 Å². The lowest BCUT2D eigenvalue weighted by Gasteiger charge is -2.26. The van der Waals surface area contributed by atoms with Crippen LogP contribution in [-0.4, -0.2) is 54.7 Å². The summed E-state index contributed by atoms with van der Waals surface area (Å²) in [5.74, 6) is -0.720. The molecule has 0 aliphatic carbocycles. The molecule has 1 amide bonds. The SMILES string of the molecule is CCOc1cc(C2/C(=C(\O)c3cc(OC)ccc3OC)C(=O)C(=O)N2Cc2ccccc2OC)ccc1O. The third-order valence-electron chi connectivity index (χ3n) is 6.33. The van der Waals surface area contributed by atoms with Gasteiger partial charge in [-0.2, -0.15) is 0 Å². The molecule has 1 aliphatic heterocycles. The van der Waals surface area contributed by atoms with Crippen LogP contribution < -0.4 is 18.9 Å². The monoisotopic (exact) mass is 519 g/mol. The summed E-state index contributed by atoms with van der Waals surface area (Å²) in [6.45, 7) is 2.09. The maximum absolute atomic E-state index is 13.5. The number of methoxy groups -OCH3 is 3. The van der Waals surface area contributed by atoms with E-state index in [1.165, 1.54) is 38.4 Å². The van der Waals surface area contributed by atoms with Gasteiger partial charge in [-0.25, -0.2) is 0 Å². The Morgan fingerprint density at radius 1 is 0.895 bits per heavy atom. The lowest BCUT2D eigenvalue weighted by Crippen LogP contribution is -2.29. The fraction of sp³-hybridized carbons (Fsp3) is 0.241. The molecule has 1 heterocycles. The van der Waals surface area contributed by atoms with Gasteiger partial charge in [-0.05, 0) is 48.9 Å². The Kier molecular flexibility index (Phi) is 7.76. The van der Waals surface area contributed by atoms with Crippen molar-refractivity contribution in [1.29, 1.82) is 0 Å². The van der Waals surface area contributed by atoms with Crippen LogP contribution >= 0.6 is 0 Å². The summed E-state index contributed by atoms with van der Waals surface area (Å²) in [6.07, 6.45) is 0. The Morgan fingerprint density at radius 2 is 1.63 bits per heavy atom. The highest BCUT2D eigenvalue weighted by Gasteiger charge is 2.46. The van der Waals surface area contributed by atoms with Crippen LogP contribution in [0.5, 0.6) is 28.7 Å². The summed E-state index contributed by atoms with van der Waals surface area (Å²) in [5.41, 5.74) is 1.19. The van der Waals surface area contributed by atoms with Crippen molar-refractivity contribution in [2.75, 3.05) is 27.9 Å². The Morgan fingerprint density at radius 3 is 2.32 bits per heavy atom. The molecule has 3 aromatic carbocycles. The van der Waals surface area contributed by atoms with Crippen LogP contribution in [0.15, 0.2) is 66.2 Å². The van der Waals surface area contributed by atoms with E-state index in [-0.39, 0.29) is 29.2 Å². The number of ketones is 1. The average Bonchev–Trinajstić information content (AvgIpc) is 3.18. The van der Waals surface area contributed by atoms with Gasteiger partial charge in [-0.3, -0.25) is 9.59 Å². The molecule has 1 atom stereocenters. The van der Waals surface area contributed by atoms with Gasteiger partial charge in [0.1, 0.15) is 23.0 Å². The van der Waals surface area contributed by atoms with Crippen LogP contribution in [0.1, 0.15) is 29.7 Å². The van der Waals surface area contributed by atoms with Crippen LogP contribution in [0.2, 0.25) is 0 Å². The van der Waals surface area contributed by atoms with E-state index in [1.807, 2.05) is 0 Å². The van der Waals surface area contributed by atoms with Crippen molar-refractivity contribution in [3.63, 3.8) is 0 Å². The number of para-hydroxylation sites is 1. The first-order chi connectivity index (χ1) is 18.3. The number of rotatable bonds is 9. The van der Waals surface area contributed by atoms with Crippen molar-refractivity contribution >= 4 is 17.4 Å². The van der Waals surface area contributed by atoms with E-state index < -0.39 is 23.5 Å². The van der Waals surface area contributed by atoms with Gasteiger partial charge >= 0.3 is 0 Å². The highest BCUT2D eigenvalue weighted by Crippen LogP contribution is 2.44. The number of carbonyl (C=O) groups excluding carboxylic acids is 2. The van der Waals surface area contributed by atoms with E-state index in [1.54, 1.807) is 55.5 Å². The summed E-state index contributed by atoms with van der Waals surface area (Å²) in [6, 6.07) is 15.5. The zero-order valence-corrected chi connectivity index (χ0v) is 21.6. The van der Waals surface area contributed by atoms with Crippen LogP contribution in [0.4, 0.5) is 0 Å². The van der Waals surface area contributed by atoms with E-state index in [4.69, 9.17) is 18.9 Å². The van der Waals surface area contributed by atoms with Crippen molar-refractivity contribution in [2.24, 2.45) is 0 Å². The lowest BCUT2D eigenvalue weighted by atomic mass is 9.94. The fourth-order valence-electron chi connectivity index (χ4n) is 4.52. The second-order valence-electron chi connectivity index (χ2n) is 8.47. The molecular formula is C29H29NO8. The van der Waals surface area contributed by atoms with Crippen molar-refractivity contribution < 1.29 is 38.7 Å². The van der Waals surface area contributed by atoms with Crippen LogP contribution in [0, 0.1) is 0 Å². The van der Waals surface area contributed by atoms with Gasteiger partial charge < -0.3 is 34.1 Å². The predicted molar refractivity (Wildman–Crippen MR) is 140 cm³/mol. The number of amides is 1. The Hall–Kier alpha value is -4.66. The number of hydrogen-bond donors (Lipinski definition) is 2. The maximum Gasteiger partial charge on any atom is 0.295 e. The number of Topliss-reactive ketones (excluding diaryl/α,β-unsaturated/α-hetero) is 1. The number of carbonyl (C=O) groups is 2. The molecule has 4 rings (SSSR count). The molecule has 198 valence electrons. The number of aliphatic hydroxyl groups excluding tert-OH is 1. The lowest BCUT2D eigenvalue weighted by molar-refractivity contribution is -0.140. The molecule has 1 unspecified atom stereocenters. The predicted octanol–water partition coefficient (Wildman–Crippen LogP) is 4.44. The van der Waals surface area contributed by atoms with Crippen LogP contribution in [0.3, 0.4) is 0 Å². The van der Waals surface area contributed by atoms with E-state index >= 15 is 0 Å². The quantitative estimate of drug-likeness (QED) is 0.242. The number of aromatic hydroxyl groups is 1. The normalized spacial score (nSPS) is 16.4. The second kappa shape index (κ2) is 11.2. The number of nitrogens with zero attached hydrogens (tertiary/aromatic N) is 1. The molecule has 0 aromatic heterocycles. The minimum Gasteiger partial charge on any atom is -0.507 e. The van der Waals surface area contributed by atoms with Crippen LogP contribution in [0.25, 0.3) is 5.76 Å². The van der Waals surface area contributed by atoms with Gasteiger partial charge in [0, 0.05) is 5.56 Å². The van der Waals surface area contributed by atoms with E-state index in [9.17, 15) is 19.8 Å². The summed E-state index contributed by atoms with van der Waals surface area (Å²) in [4.78, 5) is 28.3. The third kappa shape index (κ3) is 4.82. The van der Waals surface area contributed by atoms with E-state index in [0.717, 1.165) is 0 Å². The first-order valence-corrected chi connectivity index (χ1v) is 11.9. The van der Waals surface area contributed by atoms with Gasteiger partial charge in [0.2, 0.25) is 0 Å². The molecule has 0 saturated carbocycles. The van der Waals surface area contributed by atoms with E-state index in [2.05, 4.69) is 0 Å². The molecule has 0 bridgehead atoms. The zero-order chi connectivity index (χ0) is 27.4. The smallest absolute Gasteiger partial charge is 0.295 e. The zero-order valence-electron chi connectivity index (χ0n) is 21.6. The minimum atomic E-state index is -1.00. The molecule has 2 N–H and O–H groups in total. The van der Waals surface area contributed by atoms with Gasteiger partial charge in [-0.15, -0.1) is 0 Å². The molecule has 0 radical (unpaired) electrons. The van der Waals surface area contributed by atoms with Gasteiger partial charge in [0.15, 0.2) is 11.5 Å². The molecule has 9 nitrogen and oxygen atoms in total. The molecule has 38 heavy (non-hydrogen) atoms. The highest BCUT2D eigenvalue weighted by molar-refractivity contribution is 6.46. The first-order valence-electron chi connectivity index (χ1n) is 11.9. The Balaban J connectivity index is 1.95.